The lowest BCUT2D eigenvalue weighted by molar-refractivity contribution is 0.420. The first-order valence-corrected chi connectivity index (χ1v) is 6.53. The molecule has 2 heterocycles. The van der Waals surface area contributed by atoms with Crippen LogP contribution in [0.1, 0.15) is 5.56 Å². The molecule has 0 aliphatic rings. The van der Waals surface area contributed by atoms with Crippen molar-refractivity contribution in [3.63, 3.8) is 0 Å². The highest BCUT2D eigenvalue weighted by atomic mass is 35.5. The van der Waals surface area contributed by atoms with Crippen LogP contribution in [0.15, 0.2) is 48.8 Å². The van der Waals surface area contributed by atoms with Crippen LogP contribution in [-0.4, -0.2) is 9.97 Å². The van der Waals surface area contributed by atoms with Gasteiger partial charge >= 0.3 is 0 Å². The van der Waals surface area contributed by atoms with Gasteiger partial charge in [-0.3, -0.25) is 4.98 Å². The lowest BCUT2D eigenvalue weighted by Crippen LogP contribution is -1.95. The van der Waals surface area contributed by atoms with Gasteiger partial charge in [-0.25, -0.2) is 9.37 Å². The van der Waals surface area contributed by atoms with Crippen molar-refractivity contribution in [1.29, 1.82) is 0 Å². The van der Waals surface area contributed by atoms with E-state index in [4.69, 9.17) is 16.3 Å². The van der Waals surface area contributed by atoms with Crippen molar-refractivity contribution in [2.45, 2.75) is 5.88 Å². The number of fused-ring (bicyclic) bond motifs is 1. The van der Waals surface area contributed by atoms with Crippen LogP contribution in [0.5, 0.6) is 11.6 Å². The Hall–Kier alpha value is -2.20. The Morgan fingerprint density at radius 1 is 1.10 bits per heavy atom. The fraction of sp³-hybridized carbons (Fsp3) is 0.0667. The van der Waals surface area contributed by atoms with Crippen LogP contribution in [0.3, 0.4) is 0 Å². The molecule has 0 aliphatic carbocycles. The number of ether oxygens (including phenoxy) is 1. The fourth-order valence-corrected chi connectivity index (χ4v) is 2.06. The summed E-state index contributed by atoms with van der Waals surface area (Å²) in [5.41, 5.74) is 1.13. The van der Waals surface area contributed by atoms with Gasteiger partial charge in [0.2, 0.25) is 0 Å². The van der Waals surface area contributed by atoms with E-state index in [9.17, 15) is 4.39 Å². The van der Waals surface area contributed by atoms with Gasteiger partial charge in [-0.05, 0) is 24.3 Å². The molecule has 100 valence electrons. The molecule has 5 heteroatoms. The maximum atomic E-state index is 14.0. The van der Waals surface area contributed by atoms with Gasteiger partial charge in [0, 0.05) is 29.4 Å². The lowest BCUT2D eigenvalue weighted by Gasteiger charge is -2.08. The van der Waals surface area contributed by atoms with E-state index in [1.807, 2.05) is 18.2 Å². The first kappa shape index (κ1) is 12.8. The van der Waals surface area contributed by atoms with Gasteiger partial charge < -0.3 is 4.74 Å². The summed E-state index contributed by atoms with van der Waals surface area (Å²) in [6, 6.07) is 10.7. The topological polar surface area (TPSA) is 35.0 Å². The van der Waals surface area contributed by atoms with Gasteiger partial charge in [-0.2, -0.15) is 0 Å². The van der Waals surface area contributed by atoms with Crippen molar-refractivity contribution in [2.75, 3.05) is 0 Å². The Bertz CT molecular complexity index is 764. The predicted molar refractivity (Wildman–Crippen MR) is 75.6 cm³/mol. The molecule has 1 aromatic carbocycles. The van der Waals surface area contributed by atoms with Gasteiger partial charge in [0.1, 0.15) is 5.75 Å². The number of pyridine rings is 2. The van der Waals surface area contributed by atoms with E-state index in [-0.39, 0.29) is 11.8 Å². The maximum Gasteiger partial charge on any atom is 0.256 e. The van der Waals surface area contributed by atoms with Crippen LogP contribution >= 0.6 is 11.6 Å². The van der Waals surface area contributed by atoms with Crippen molar-refractivity contribution < 1.29 is 9.13 Å². The summed E-state index contributed by atoms with van der Waals surface area (Å²) in [7, 11) is 0. The van der Waals surface area contributed by atoms with Crippen LogP contribution in [0, 0.1) is 5.82 Å². The molecule has 3 aromatic rings. The van der Waals surface area contributed by atoms with Crippen molar-refractivity contribution in [3.05, 3.63) is 60.2 Å². The van der Waals surface area contributed by atoms with E-state index >= 15 is 0 Å². The Balaban J connectivity index is 1.97. The second kappa shape index (κ2) is 5.43. The average Bonchev–Trinajstić information content (AvgIpc) is 2.49. The summed E-state index contributed by atoms with van der Waals surface area (Å²) in [6.45, 7) is 0. The zero-order valence-corrected chi connectivity index (χ0v) is 11.1. The summed E-state index contributed by atoms with van der Waals surface area (Å²) in [5.74, 6) is -0.0688. The predicted octanol–water partition coefficient (Wildman–Crippen LogP) is 4.30. The number of rotatable bonds is 3. The molecule has 3 rings (SSSR count). The minimum Gasteiger partial charge on any atom is -0.436 e. The number of halogens is 2. The Kier molecular flexibility index (Phi) is 3.48. The first-order valence-electron chi connectivity index (χ1n) is 6.00. The normalized spacial score (nSPS) is 10.7. The van der Waals surface area contributed by atoms with Crippen LogP contribution in [0.2, 0.25) is 0 Å². The molecule has 0 unspecified atom stereocenters. The third kappa shape index (κ3) is 2.42. The third-order valence-corrected chi connectivity index (χ3v) is 3.16. The molecule has 0 amide bonds. The summed E-state index contributed by atoms with van der Waals surface area (Å²) in [6.07, 6.45) is 3.16. The number of nitrogens with zero attached hydrogens (tertiary/aromatic N) is 2. The molecular formula is C15H10ClFN2O. The molecular weight excluding hydrogens is 279 g/mol. The zero-order chi connectivity index (χ0) is 13.9. The smallest absolute Gasteiger partial charge is 0.256 e. The highest BCUT2D eigenvalue weighted by Crippen LogP contribution is 2.26. The SMILES string of the molecule is Fc1c(CCl)ccnc1Oc1ccc2cccnc2c1. The van der Waals surface area contributed by atoms with E-state index in [1.54, 1.807) is 18.3 Å². The van der Waals surface area contributed by atoms with Crippen molar-refractivity contribution in [2.24, 2.45) is 0 Å². The minimum absolute atomic E-state index is 0.0734. The van der Waals surface area contributed by atoms with Crippen LogP contribution < -0.4 is 4.74 Å². The summed E-state index contributed by atoms with van der Waals surface area (Å²) < 4.78 is 19.5. The van der Waals surface area contributed by atoms with Gasteiger partial charge in [0.25, 0.3) is 5.88 Å². The standard InChI is InChI=1S/C15H10ClFN2O/c16-9-11-5-7-19-15(14(11)17)20-12-4-3-10-2-1-6-18-13(10)8-12/h1-8H,9H2. The Morgan fingerprint density at radius 3 is 2.85 bits per heavy atom. The van der Waals surface area contributed by atoms with E-state index in [2.05, 4.69) is 9.97 Å². The minimum atomic E-state index is -0.538. The summed E-state index contributed by atoms with van der Waals surface area (Å²) >= 11 is 5.65. The maximum absolute atomic E-state index is 14.0. The molecule has 0 saturated carbocycles. The first-order chi connectivity index (χ1) is 9.78. The number of alkyl halides is 1. The molecule has 3 nitrogen and oxygen atoms in total. The number of benzene rings is 1. The fourth-order valence-electron chi connectivity index (χ4n) is 1.86. The van der Waals surface area contributed by atoms with Crippen molar-refractivity contribution >= 4 is 22.5 Å². The molecule has 0 N–H and O–H groups in total. The zero-order valence-electron chi connectivity index (χ0n) is 10.4. The number of aromatic nitrogens is 2. The van der Waals surface area contributed by atoms with Crippen LogP contribution in [-0.2, 0) is 5.88 Å². The third-order valence-electron chi connectivity index (χ3n) is 2.87. The Labute approximate surface area is 120 Å². The van der Waals surface area contributed by atoms with Gasteiger partial charge in [0.15, 0.2) is 5.82 Å². The molecule has 20 heavy (non-hydrogen) atoms. The molecule has 0 fully saturated rings. The lowest BCUT2D eigenvalue weighted by atomic mass is 10.2. The molecule has 0 saturated heterocycles. The van der Waals surface area contributed by atoms with Gasteiger partial charge in [0.05, 0.1) is 11.4 Å². The molecule has 0 aliphatic heterocycles. The molecule has 0 spiro atoms. The molecule has 2 aromatic heterocycles. The monoisotopic (exact) mass is 288 g/mol. The van der Waals surface area contributed by atoms with Gasteiger partial charge in [-0.1, -0.05) is 6.07 Å². The summed E-state index contributed by atoms with van der Waals surface area (Å²) in [5, 5.41) is 0.989. The average molecular weight is 289 g/mol. The highest BCUT2D eigenvalue weighted by molar-refractivity contribution is 6.17. The second-order valence-electron chi connectivity index (χ2n) is 4.18. The van der Waals surface area contributed by atoms with Crippen molar-refractivity contribution in [1.82, 2.24) is 9.97 Å². The van der Waals surface area contributed by atoms with E-state index in [0.29, 0.717) is 11.3 Å². The molecule has 0 radical (unpaired) electrons. The number of hydrogen-bond donors (Lipinski definition) is 0. The summed E-state index contributed by atoms with van der Waals surface area (Å²) in [4.78, 5) is 8.11. The second-order valence-corrected chi connectivity index (χ2v) is 4.45. The van der Waals surface area contributed by atoms with Crippen LogP contribution in [0.4, 0.5) is 4.39 Å². The Morgan fingerprint density at radius 2 is 2.00 bits per heavy atom. The van der Waals surface area contributed by atoms with Crippen LogP contribution in [0.25, 0.3) is 10.9 Å². The quantitative estimate of drug-likeness (QED) is 0.674. The van der Waals surface area contributed by atoms with Crippen molar-refractivity contribution in [3.8, 4) is 11.6 Å². The largest absolute Gasteiger partial charge is 0.436 e. The van der Waals surface area contributed by atoms with Gasteiger partial charge in [-0.15, -0.1) is 11.6 Å². The number of hydrogen-bond acceptors (Lipinski definition) is 3. The highest BCUT2D eigenvalue weighted by Gasteiger charge is 2.11. The van der Waals surface area contributed by atoms with E-state index in [1.165, 1.54) is 12.3 Å². The molecule has 0 bridgehead atoms. The van der Waals surface area contributed by atoms with E-state index in [0.717, 1.165) is 10.9 Å². The molecule has 0 atom stereocenters. The van der Waals surface area contributed by atoms with E-state index < -0.39 is 5.82 Å².